The fraction of sp³-hybridized carbons (Fsp3) is 0.267. The fourth-order valence-electron chi connectivity index (χ4n) is 1.06. The van der Waals surface area contributed by atoms with Crippen molar-refractivity contribution in [1.29, 1.82) is 0 Å². The molecule has 0 aliphatic rings. The molecule has 5 nitrogen and oxygen atoms in total. The molecule has 1 aromatic rings. The number of carbonyl (C=O) groups excluding carboxylic acids is 1. The van der Waals surface area contributed by atoms with Gasteiger partial charge in [-0.15, -0.1) is 0 Å². The number of rotatable bonds is 3. The highest BCUT2D eigenvalue weighted by Crippen LogP contribution is 2.30. The number of hydrogen-bond acceptors (Lipinski definition) is 4. The second kappa shape index (κ2) is 7.89. The Bertz CT molecular complexity index is 482. The normalized spacial score (nSPS) is 10.6. The maximum Gasteiger partial charge on any atom is 0.328 e. The predicted molar refractivity (Wildman–Crippen MR) is 74.5 cm³/mol. The molecule has 0 atom stereocenters. The molecule has 0 spiro atoms. The Morgan fingerprint density at radius 1 is 1.30 bits per heavy atom. The van der Waals surface area contributed by atoms with Gasteiger partial charge in [0.25, 0.3) is 0 Å². The molecule has 0 amide bonds. The Labute approximate surface area is 118 Å². The smallest absolute Gasteiger partial charge is 0.328 e. The lowest BCUT2D eigenvalue weighted by Gasteiger charge is -2.20. The van der Waals surface area contributed by atoms with Gasteiger partial charge < -0.3 is 15.0 Å². The van der Waals surface area contributed by atoms with Crippen molar-refractivity contribution in [2.24, 2.45) is 5.41 Å². The van der Waals surface area contributed by atoms with Gasteiger partial charge in [0.2, 0.25) is 0 Å². The first-order valence-corrected chi connectivity index (χ1v) is 5.87. The van der Waals surface area contributed by atoms with Gasteiger partial charge in [0.15, 0.2) is 0 Å². The lowest BCUT2D eigenvalue weighted by atomic mass is 9.85. The van der Waals surface area contributed by atoms with Crippen LogP contribution in [0.2, 0.25) is 0 Å². The van der Waals surface area contributed by atoms with Gasteiger partial charge in [-0.1, -0.05) is 33.4 Å². The molecule has 108 valence electrons. The van der Waals surface area contributed by atoms with Crippen LogP contribution in [-0.4, -0.2) is 22.0 Å². The van der Waals surface area contributed by atoms with E-state index >= 15 is 0 Å². The topological polar surface area (TPSA) is 90.3 Å². The summed E-state index contributed by atoms with van der Waals surface area (Å²) in [4.78, 5) is 23.2. The van der Waals surface area contributed by atoms with Crippen LogP contribution in [0.4, 0.5) is 0 Å². The number of carboxylic acid groups (broad SMARTS) is 2. The number of pyridine rings is 1. The summed E-state index contributed by atoms with van der Waals surface area (Å²) < 4.78 is 0. The van der Waals surface area contributed by atoms with Crippen LogP contribution < -0.4 is 5.11 Å². The zero-order valence-corrected chi connectivity index (χ0v) is 11.8. The molecule has 1 heterocycles. The number of carboxylic acids is 2. The number of allylic oxidation sites excluding steroid dienone is 1. The second-order valence-electron chi connectivity index (χ2n) is 4.93. The summed E-state index contributed by atoms with van der Waals surface area (Å²) in [5.41, 5.74) is 2.18. The second-order valence-corrected chi connectivity index (χ2v) is 4.93. The van der Waals surface area contributed by atoms with E-state index in [9.17, 15) is 14.7 Å². The van der Waals surface area contributed by atoms with Crippen LogP contribution in [0.1, 0.15) is 26.5 Å². The maximum atomic E-state index is 9.53. The van der Waals surface area contributed by atoms with Crippen LogP contribution in [-0.2, 0) is 9.59 Å². The Hall–Kier alpha value is -2.43. The average molecular weight is 276 g/mol. The van der Waals surface area contributed by atoms with Crippen molar-refractivity contribution in [3.8, 4) is 0 Å². The summed E-state index contributed by atoms with van der Waals surface area (Å²) in [5.74, 6) is -2.80. The van der Waals surface area contributed by atoms with Gasteiger partial charge >= 0.3 is 5.97 Å². The van der Waals surface area contributed by atoms with E-state index < -0.39 is 11.9 Å². The molecular formula is C15H18NO4-. The van der Waals surface area contributed by atoms with E-state index in [1.165, 1.54) is 0 Å². The quantitative estimate of drug-likeness (QED) is 0.845. The summed E-state index contributed by atoms with van der Waals surface area (Å²) in [6.07, 6.45) is 2.74. The molecule has 0 radical (unpaired) electrons. The molecule has 0 bridgehead atoms. The van der Waals surface area contributed by atoms with E-state index in [-0.39, 0.29) is 5.41 Å². The van der Waals surface area contributed by atoms with Gasteiger partial charge in [0.1, 0.15) is 0 Å². The summed E-state index contributed by atoms with van der Waals surface area (Å²) in [6, 6.07) is 5.90. The molecule has 1 N–H and O–H groups in total. The molecule has 0 aliphatic heterocycles. The van der Waals surface area contributed by atoms with Crippen LogP contribution in [0, 0.1) is 5.41 Å². The van der Waals surface area contributed by atoms with E-state index in [1.54, 1.807) is 6.20 Å². The number of hydrogen-bond donors (Lipinski definition) is 1. The maximum absolute atomic E-state index is 9.53. The number of aromatic nitrogens is 1. The van der Waals surface area contributed by atoms with Gasteiger partial charge in [-0.25, -0.2) is 4.79 Å². The highest BCUT2D eigenvalue weighted by molar-refractivity contribution is 5.88. The van der Waals surface area contributed by atoms with E-state index in [1.807, 2.05) is 18.2 Å². The Kier molecular flexibility index (Phi) is 6.93. The first kappa shape index (κ1) is 17.6. The molecule has 0 aromatic carbocycles. The largest absolute Gasteiger partial charge is 0.545 e. The number of carbonyl (C=O) groups is 2. The number of nitrogens with zero attached hydrogens (tertiary/aromatic N) is 1. The van der Waals surface area contributed by atoms with Crippen LogP contribution in [0.3, 0.4) is 0 Å². The molecule has 0 aliphatic carbocycles. The lowest BCUT2D eigenvalue weighted by Crippen LogP contribution is -2.19. The highest BCUT2D eigenvalue weighted by atomic mass is 16.4. The zero-order valence-electron chi connectivity index (χ0n) is 11.8. The molecule has 0 saturated carbocycles. The first-order valence-electron chi connectivity index (χ1n) is 5.87. The minimum atomic E-state index is -1.51. The Morgan fingerprint density at radius 2 is 1.90 bits per heavy atom. The van der Waals surface area contributed by atoms with Crippen molar-refractivity contribution in [1.82, 2.24) is 4.98 Å². The van der Waals surface area contributed by atoms with E-state index in [4.69, 9.17) is 5.11 Å². The molecule has 5 heteroatoms. The van der Waals surface area contributed by atoms with Gasteiger partial charge in [0.05, 0.1) is 11.7 Å². The van der Waals surface area contributed by atoms with Crippen molar-refractivity contribution in [3.63, 3.8) is 0 Å². The highest BCUT2D eigenvalue weighted by Gasteiger charge is 2.16. The molecule has 1 rings (SSSR count). The van der Waals surface area contributed by atoms with E-state index in [2.05, 4.69) is 32.3 Å². The van der Waals surface area contributed by atoms with Crippen molar-refractivity contribution in [3.05, 3.63) is 48.8 Å². The minimum Gasteiger partial charge on any atom is -0.545 e. The van der Waals surface area contributed by atoms with Crippen LogP contribution in [0.5, 0.6) is 0 Å². The third-order valence-electron chi connectivity index (χ3n) is 2.24. The molecule has 20 heavy (non-hydrogen) atoms. The van der Waals surface area contributed by atoms with Crippen molar-refractivity contribution in [2.45, 2.75) is 20.8 Å². The summed E-state index contributed by atoms with van der Waals surface area (Å²) in [7, 11) is 0. The monoisotopic (exact) mass is 276 g/mol. The summed E-state index contributed by atoms with van der Waals surface area (Å²) in [6.45, 7) is 10.5. The van der Waals surface area contributed by atoms with Gasteiger partial charge in [-0.2, -0.15) is 0 Å². The lowest BCUT2D eigenvalue weighted by molar-refractivity contribution is -0.297. The molecule has 0 unspecified atom stereocenters. The first-order chi connectivity index (χ1) is 9.14. The molecular weight excluding hydrogens is 258 g/mol. The zero-order chi connectivity index (χ0) is 15.8. The standard InChI is InChI=1S/C11H15N.C4H4O4/c1-9(11(2,3)4)10-7-5-6-8-12-10;5-3(6)1-2-4(7)8/h5-8H,1H2,2-4H3;1-2H,(H,5,6)(H,7,8)/p-1/b;2-1-. The van der Waals surface area contributed by atoms with Crippen LogP contribution in [0.25, 0.3) is 5.57 Å². The van der Waals surface area contributed by atoms with Crippen molar-refractivity contribution in [2.75, 3.05) is 0 Å². The molecule has 0 fully saturated rings. The van der Waals surface area contributed by atoms with Crippen LogP contribution >= 0.6 is 0 Å². The van der Waals surface area contributed by atoms with Gasteiger partial charge in [0, 0.05) is 12.3 Å². The third-order valence-corrected chi connectivity index (χ3v) is 2.24. The summed E-state index contributed by atoms with van der Waals surface area (Å²) in [5, 5.41) is 17.2. The Balaban J connectivity index is 0.000000396. The fourth-order valence-corrected chi connectivity index (χ4v) is 1.06. The molecule has 1 aromatic heterocycles. The number of aliphatic carboxylic acids is 2. The summed E-state index contributed by atoms with van der Waals surface area (Å²) >= 11 is 0. The Morgan fingerprint density at radius 3 is 2.20 bits per heavy atom. The average Bonchev–Trinajstić information content (AvgIpc) is 2.36. The van der Waals surface area contributed by atoms with Crippen molar-refractivity contribution >= 4 is 17.5 Å². The SMILES string of the molecule is C=C(c1ccccn1)C(C)(C)C.O=C([O-])/C=C\C(=O)O. The minimum absolute atomic E-state index is 0.106. The third kappa shape index (κ3) is 7.81. The van der Waals surface area contributed by atoms with E-state index in [0.29, 0.717) is 12.2 Å². The predicted octanol–water partition coefficient (Wildman–Crippen LogP) is 1.52. The van der Waals surface area contributed by atoms with Crippen molar-refractivity contribution < 1.29 is 19.8 Å². The van der Waals surface area contributed by atoms with Gasteiger partial charge in [-0.3, -0.25) is 4.98 Å². The van der Waals surface area contributed by atoms with Gasteiger partial charge in [-0.05, 0) is 29.2 Å². The van der Waals surface area contributed by atoms with E-state index in [0.717, 1.165) is 11.3 Å². The molecule has 0 saturated heterocycles. The van der Waals surface area contributed by atoms with Crippen LogP contribution in [0.15, 0.2) is 43.1 Å².